The number of ether oxygens (including phenoxy) is 1. The quantitative estimate of drug-likeness (QED) is 0.457. The second kappa shape index (κ2) is 6.25. The molecule has 0 spiro atoms. The van der Waals surface area contributed by atoms with Crippen LogP contribution in [0.5, 0.6) is 5.75 Å². The van der Waals surface area contributed by atoms with Gasteiger partial charge in [0.25, 0.3) is 0 Å². The standard InChI is InChI=1S/C16H19NO5/c1-11(18)16(8-4-7-15(16)19)14(10-17(20)21)12-5-3-6-13(9-12)22-2/h3,5-6,9,14H,4,7-8,10H2,1-2H3/t14-,16+/m0/s1. The first-order valence-electron chi connectivity index (χ1n) is 7.22. The number of benzene rings is 1. The number of hydrogen-bond acceptors (Lipinski definition) is 5. The summed E-state index contributed by atoms with van der Waals surface area (Å²) in [6.45, 7) is 0.912. The summed E-state index contributed by atoms with van der Waals surface area (Å²) in [5, 5.41) is 11.1. The van der Waals surface area contributed by atoms with E-state index in [0.717, 1.165) is 0 Å². The molecule has 0 saturated heterocycles. The van der Waals surface area contributed by atoms with Crippen LogP contribution in [0, 0.1) is 15.5 Å². The third kappa shape index (κ3) is 2.73. The van der Waals surface area contributed by atoms with E-state index in [2.05, 4.69) is 0 Å². The van der Waals surface area contributed by atoms with Crippen LogP contribution in [-0.2, 0) is 9.59 Å². The summed E-state index contributed by atoms with van der Waals surface area (Å²) in [6, 6.07) is 6.83. The molecule has 1 aliphatic rings. The monoisotopic (exact) mass is 305 g/mol. The van der Waals surface area contributed by atoms with Crippen LogP contribution in [0.1, 0.15) is 37.7 Å². The molecule has 118 valence electrons. The van der Waals surface area contributed by atoms with Gasteiger partial charge in [-0.2, -0.15) is 0 Å². The molecule has 0 aliphatic heterocycles. The summed E-state index contributed by atoms with van der Waals surface area (Å²) >= 11 is 0. The highest BCUT2D eigenvalue weighted by molar-refractivity contribution is 6.08. The van der Waals surface area contributed by atoms with E-state index in [0.29, 0.717) is 30.6 Å². The largest absolute Gasteiger partial charge is 0.497 e. The summed E-state index contributed by atoms with van der Waals surface area (Å²) in [4.78, 5) is 35.3. The van der Waals surface area contributed by atoms with E-state index >= 15 is 0 Å². The molecule has 22 heavy (non-hydrogen) atoms. The Bertz CT molecular complexity index is 612. The molecule has 1 aromatic rings. The van der Waals surface area contributed by atoms with Gasteiger partial charge >= 0.3 is 0 Å². The fraction of sp³-hybridized carbons (Fsp3) is 0.500. The smallest absolute Gasteiger partial charge is 0.212 e. The molecule has 1 aromatic carbocycles. The van der Waals surface area contributed by atoms with E-state index in [9.17, 15) is 19.7 Å². The lowest BCUT2D eigenvalue weighted by Gasteiger charge is -2.31. The third-order valence-electron chi connectivity index (χ3n) is 4.52. The van der Waals surface area contributed by atoms with E-state index in [-0.39, 0.29) is 11.6 Å². The Morgan fingerprint density at radius 2 is 2.23 bits per heavy atom. The average Bonchev–Trinajstić information content (AvgIpc) is 2.87. The normalized spacial score (nSPS) is 22.4. The molecular formula is C16H19NO5. The van der Waals surface area contributed by atoms with Gasteiger partial charge in [-0.3, -0.25) is 19.7 Å². The molecule has 0 aromatic heterocycles. The molecule has 0 amide bonds. The van der Waals surface area contributed by atoms with Crippen LogP contribution in [0.3, 0.4) is 0 Å². The Morgan fingerprint density at radius 3 is 2.73 bits per heavy atom. The summed E-state index contributed by atoms with van der Waals surface area (Å²) in [5.41, 5.74) is -0.680. The van der Waals surface area contributed by atoms with Crippen LogP contribution in [-0.4, -0.2) is 30.1 Å². The van der Waals surface area contributed by atoms with Gasteiger partial charge in [0.05, 0.1) is 13.0 Å². The van der Waals surface area contributed by atoms with Crippen LogP contribution in [0.25, 0.3) is 0 Å². The fourth-order valence-corrected chi connectivity index (χ4v) is 3.43. The van der Waals surface area contributed by atoms with E-state index in [1.54, 1.807) is 24.3 Å². The summed E-state index contributed by atoms with van der Waals surface area (Å²) in [6.07, 6.45) is 1.27. The number of nitro groups is 1. The van der Waals surface area contributed by atoms with Crippen LogP contribution >= 0.6 is 0 Å². The van der Waals surface area contributed by atoms with E-state index < -0.39 is 22.8 Å². The number of methoxy groups -OCH3 is 1. The lowest BCUT2D eigenvalue weighted by Crippen LogP contribution is -2.42. The highest BCUT2D eigenvalue weighted by atomic mass is 16.6. The lowest BCUT2D eigenvalue weighted by molar-refractivity contribution is -0.485. The first kappa shape index (κ1) is 16.1. The minimum Gasteiger partial charge on any atom is -0.497 e. The molecule has 1 saturated carbocycles. The lowest BCUT2D eigenvalue weighted by atomic mass is 9.67. The third-order valence-corrected chi connectivity index (χ3v) is 4.52. The number of ketones is 2. The number of rotatable bonds is 6. The van der Waals surface area contributed by atoms with Gasteiger partial charge in [0.2, 0.25) is 6.54 Å². The van der Waals surface area contributed by atoms with Gasteiger partial charge in [-0.1, -0.05) is 12.1 Å². The van der Waals surface area contributed by atoms with Gasteiger partial charge in [-0.25, -0.2) is 0 Å². The van der Waals surface area contributed by atoms with Crippen molar-refractivity contribution in [2.45, 2.75) is 32.1 Å². The van der Waals surface area contributed by atoms with Crippen LogP contribution < -0.4 is 4.74 Å². The molecule has 1 fully saturated rings. The van der Waals surface area contributed by atoms with Crippen LogP contribution in [0.15, 0.2) is 24.3 Å². The minimum absolute atomic E-state index is 0.185. The van der Waals surface area contributed by atoms with Gasteiger partial charge in [0.1, 0.15) is 22.7 Å². The number of hydrogen-bond donors (Lipinski definition) is 0. The van der Waals surface area contributed by atoms with Gasteiger partial charge in [0.15, 0.2) is 0 Å². The summed E-state index contributed by atoms with van der Waals surface area (Å²) in [7, 11) is 1.50. The van der Waals surface area contributed by atoms with Crippen molar-refractivity contribution >= 4 is 11.6 Å². The van der Waals surface area contributed by atoms with E-state index in [1.165, 1.54) is 14.0 Å². The molecule has 2 rings (SSSR count). The highest BCUT2D eigenvalue weighted by Crippen LogP contribution is 2.47. The second-order valence-corrected chi connectivity index (χ2v) is 5.65. The highest BCUT2D eigenvalue weighted by Gasteiger charge is 2.54. The molecule has 0 radical (unpaired) electrons. The van der Waals surface area contributed by atoms with Crippen LogP contribution in [0.4, 0.5) is 0 Å². The van der Waals surface area contributed by atoms with Crippen molar-refractivity contribution < 1.29 is 19.2 Å². The minimum atomic E-state index is -1.28. The maximum atomic E-state index is 12.4. The van der Waals surface area contributed by atoms with Crippen molar-refractivity contribution in [1.82, 2.24) is 0 Å². The molecule has 0 heterocycles. The maximum absolute atomic E-state index is 12.4. The van der Waals surface area contributed by atoms with Gasteiger partial charge < -0.3 is 4.74 Å². The first-order chi connectivity index (χ1) is 10.4. The predicted molar refractivity (Wildman–Crippen MR) is 79.6 cm³/mol. The molecule has 0 N–H and O–H groups in total. The van der Waals surface area contributed by atoms with Crippen molar-refractivity contribution in [2.75, 3.05) is 13.7 Å². The second-order valence-electron chi connectivity index (χ2n) is 5.65. The Kier molecular flexibility index (Phi) is 4.59. The molecule has 0 unspecified atom stereocenters. The topological polar surface area (TPSA) is 86.5 Å². The number of Topliss-reactive ketones (excluding diaryl/α,β-unsaturated/α-hetero) is 2. The molecule has 6 heteroatoms. The first-order valence-corrected chi connectivity index (χ1v) is 7.22. The van der Waals surface area contributed by atoms with Crippen molar-refractivity contribution in [2.24, 2.45) is 5.41 Å². The Labute approximate surface area is 128 Å². The fourth-order valence-electron chi connectivity index (χ4n) is 3.43. The summed E-state index contributed by atoms with van der Waals surface area (Å²) in [5.74, 6) is -0.681. The van der Waals surface area contributed by atoms with Crippen molar-refractivity contribution in [3.63, 3.8) is 0 Å². The Morgan fingerprint density at radius 1 is 1.50 bits per heavy atom. The van der Waals surface area contributed by atoms with Gasteiger partial charge in [0, 0.05) is 11.3 Å². The number of carbonyl (C=O) groups is 2. The Balaban J connectivity index is 2.55. The summed E-state index contributed by atoms with van der Waals surface area (Å²) < 4.78 is 5.15. The van der Waals surface area contributed by atoms with E-state index in [4.69, 9.17) is 4.74 Å². The average molecular weight is 305 g/mol. The Hall–Kier alpha value is -2.24. The number of nitrogens with zero attached hydrogens (tertiary/aromatic N) is 1. The van der Waals surface area contributed by atoms with E-state index in [1.807, 2.05) is 0 Å². The zero-order valence-electron chi connectivity index (χ0n) is 12.7. The molecular weight excluding hydrogens is 286 g/mol. The predicted octanol–water partition coefficient (Wildman–Crippen LogP) is 2.38. The number of carbonyl (C=O) groups excluding carboxylic acids is 2. The molecule has 1 aliphatic carbocycles. The van der Waals surface area contributed by atoms with Crippen LogP contribution in [0.2, 0.25) is 0 Å². The maximum Gasteiger partial charge on any atom is 0.212 e. The molecule has 2 atom stereocenters. The van der Waals surface area contributed by atoms with Crippen molar-refractivity contribution in [3.05, 3.63) is 39.9 Å². The van der Waals surface area contributed by atoms with Gasteiger partial charge in [-0.15, -0.1) is 0 Å². The zero-order valence-corrected chi connectivity index (χ0v) is 12.7. The van der Waals surface area contributed by atoms with Crippen molar-refractivity contribution in [3.8, 4) is 5.75 Å². The molecule has 0 bridgehead atoms. The molecule has 6 nitrogen and oxygen atoms in total. The SMILES string of the molecule is COc1cccc([C@H](C[N+](=O)[O-])[C@]2(C(C)=O)CCCC2=O)c1. The van der Waals surface area contributed by atoms with Gasteiger partial charge in [-0.05, 0) is 37.5 Å². The zero-order chi connectivity index (χ0) is 16.3. The van der Waals surface area contributed by atoms with Crippen molar-refractivity contribution in [1.29, 1.82) is 0 Å².